The van der Waals surface area contributed by atoms with Gasteiger partial charge in [-0.2, -0.15) is 5.26 Å². The molecule has 0 radical (unpaired) electrons. The molecule has 4 heterocycles. The molecule has 2 aromatic carbocycles. The SMILES string of the molecule is CCN1C(=O)CCC1Cn1c(CN2CCC(Oc3cccc(COc4ccc(C#N)cc4F)n3)CC2)nc2ccc(C(=O)O)cc21. The predicted molar refractivity (Wildman–Crippen MR) is 166 cm³/mol. The van der Waals surface area contributed by atoms with Crippen LogP contribution in [0.25, 0.3) is 11.0 Å². The minimum absolute atomic E-state index is 0.0320. The molecule has 2 fully saturated rings. The van der Waals surface area contributed by atoms with Crippen LogP contribution in [0.1, 0.15) is 60.0 Å². The summed E-state index contributed by atoms with van der Waals surface area (Å²) in [5.41, 5.74) is 2.53. The van der Waals surface area contributed by atoms with E-state index in [0.717, 1.165) is 55.3 Å². The summed E-state index contributed by atoms with van der Waals surface area (Å²) in [6.45, 7) is 5.38. The van der Waals surface area contributed by atoms with Gasteiger partial charge in [0.15, 0.2) is 11.6 Å². The lowest BCUT2D eigenvalue weighted by Gasteiger charge is -2.32. The van der Waals surface area contributed by atoms with Crippen LogP contribution in [0.15, 0.2) is 54.6 Å². The zero-order chi connectivity index (χ0) is 32.2. The lowest BCUT2D eigenvalue weighted by molar-refractivity contribution is -0.128. The van der Waals surface area contributed by atoms with Crippen LogP contribution in [-0.2, 0) is 24.5 Å². The molecular formula is C34H35FN6O5. The molecule has 0 bridgehead atoms. The van der Waals surface area contributed by atoms with E-state index in [0.29, 0.717) is 37.6 Å². The molecule has 1 atom stereocenters. The fraction of sp³-hybridized carbons (Fsp3) is 0.382. The van der Waals surface area contributed by atoms with E-state index in [1.165, 1.54) is 12.1 Å². The van der Waals surface area contributed by atoms with E-state index in [1.54, 1.807) is 30.3 Å². The Bertz CT molecular complexity index is 1790. The van der Waals surface area contributed by atoms with Crippen molar-refractivity contribution < 1.29 is 28.6 Å². The van der Waals surface area contributed by atoms with Gasteiger partial charge in [0.05, 0.1) is 46.5 Å². The van der Waals surface area contributed by atoms with E-state index < -0.39 is 11.8 Å². The van der Waals surface area contributed by atoms with Crippen LogP contribution in [0.4, 0.5) is 4.39 Å². The second kappa shape index (κ2) is 13.5. The Morgan fingerprint density at radius 3 is 2.67 bits per heavy atom. The molecule has 6 rings (SSSR count). The average Bonchev–Trinajstić information content (AvgIpc) is 3.59. The van der Waals surface area contributed by atoms with Crippen molar-refractivity contribution in [3.63, 3.8) is 0 Å². The molecule has 1 unspecified atom stereocenters. The van der Waals surface area contributed by atoms with Gasteiger partial charge >= 0.3 is 5.97 Å². The molecule has 0 aliphatic carbocycles. The van der Waals surface area contributed by atoms with E-state index in [1.807, 2.05) is 24.0 Å². The maximum Gasteiger partial charge on any atom is 0.335 e. The predicted octanol–water partition coefficient (Wildman–Crippen LogP) is 4.77. The molecule has 11 nitrogen and oxygen atoms in total. The summed E-state index contributed by atoms with van der Waals surface area (Å²) < 4.78 is 28.1. The second-order valence-electron chi connectivity index (χ2n) is 11.6. The number of piperidine rings is 1. The first-order valence-corrected chi connectivity index (χ1v) is 15.5. The van der Waals surface area contributed by atoms with Gasteiger partial charge in [0.1, 0.15) is 18.5 Å². The normalized spacial score (nSPS) is 17.4. The minimum atomic E-state index is -0.989. The number of rotatable bonds is 11. The van der Waals surface area contributed by atoms with Gasteiger partial charge in [0, 0.05) is 38.7 Å². The molecule has 1 N–H and O–H groups in total. The van der Waals surface area contributed by atoms with E-state index >= 15 is 0 Å². The number of carboxylic acids is 1. The van der Waals surface area contributed by atoms with Crippen molar-refractivity contribution >= 4 is 22.9 Å². The Balaban J connectivity index is 1.09. The fourth-order valence-electron chi connectivity index (χ4n) is 6.26. The summed E-state index contributed by atoms with van der Waals surface area (Å²) in [5.74, 6) is -0.0650. The topological polar surface area (TPSA) is 134 Å². The summed E-state index contributed by atoms with van der Waals surface area (Å²) in [6, 6.07) is 16.4. The Labute approximate surface area is 265 Å². The van der Waals surface area contributed by atoms with E-state index in [4.69, 9.17) is 19.7 Å². The highest BCUT2D eigenvalue weighted by Crippen LogP contribution is 2.27. The van der Waals surface area contributed by atoms with Crippen molar-refractivity contribution in [2.75, 3.05) is 19.6 Å². The van der Waals surface area contributed by atoms with Crippen LogP contribution in [0, 0.1) is 17.1 Å². The van der Waals surface area contributed by atoms with Crippen LogP contribution in [0.2, 0.25) is 0 Å². The van der Waals surface area contributed by atoms with Gasteiger partial charge in [-0.1, -0.05) is 6.07 Å². The van der Waals surface area contributed by atoms with Gasteiger partial charge in [-0.25, -0.2) is 19.2 Å². The lowest BCUT2D eigenvalue weighted by atomic mass is 10.1. The molecule has 2 aromatic heterocycles. The van der Waals surface area contributed by atoms with Crippen LogP contribution >= 0.6 is 0 Å². The maximum atomic E-state index is 14.2. The Morgan fingerprint density at radius 1 is 1.11 bits per heavy atom. The molecule has 2 aliphatic heterocycles. The van der Waals surface area contributed by atoms with Crippen molar-refractivity contribution in [1.82, 2.24) is 24.3 Å². The number of fused-ring (bicyclic) bond motifs is 1. The van der Waals surface area contributed by atoms with Gasteiger partial charge in [-0.3, -0.25) is 9.69 Å². The number of likely N-dealkylation sites (tertiary alicyclic amines) is 2. The number of likely N-dealkylation sites (N-methyl/N-ethyl adjacent to an activating group) is 1. The number of carboxylic acid groups (broad SMARTS) is 1. The number of nitrogens with zero attached hydrogens (tertiary/aromatic N) is 6. The Hall–Kier alpha value is -5.02. The summed E-state index contributed by atoms with van der Waals surface area (Å²) in [7, 11) is 0. The van der Waals surface area contributed by atoms with E-state index in [9.17, 15) is 19.1 Å². The number of aromatic carboxylic acids is 1. The third kappa shape index (κ3) is 6.79. The van der Waals surface area contributed by atoms with Crippen molar-refractivity contribution in [3.8, 4) is 17.7 Å². The largest absolute Gasteiger partial charge is 0.484 e. The quantitative estimate of drug-likeness (QED) is 0.250. The molecule has 238 valence electrons. The van der Waals surface area contributed by atoms with Crippen LogP contribution in [0.3, 0.4) is 0 Å². The molecule has 2 aliphatic rings. The first-order chi connectivity index (χ1) is 22.3. The summed E-state index contributed by atoms with van der Waals surface area (Å²) >= 11 is 0. The summed E-state index contributed by atoms with van der Waals surface area (Å²) in [5, 5.41) is 18.5. The number of nitriles is 1. The maximum absolute atomic E-state index is 14.2. The van der Waals surface area contributed by atoms with E-state index in [-0.39, 0.29) is 41.5 Å². The number of aromatic nitrogens is 3. The number of carbonyl (C=O) groups is 2. The second-order valence-corrected chi connectivity index (χ2v) is 11.6. The highest BCUT2D eigenvalue weighted by Gasteiger charge is 2.31. The molecule has 1 amide bonds. The zero-order valence-electron chi connectivity index (χ0n) is 25.6. The number of amides is 1. The fourth-order valence-corrected chi connectivity index (χ4v) is 6.26. The number of pyridine rings is 1. The van der Waals surface area contributed by atoms with Gasteiger partial charge in [-0.15, -0.1) is 0 Å². The molecule has 2 saturated heterocycles. The van der Waals surface area contributed by atoms with Gasteiger partial charge < -0.3 is 24.0 Å². The van der Waals surface area contributed by atoms with Gasteiger partial charge in [0.2, 0.25) is 11.8 Å². The molecule has 0 spiro atoms. The molecule has 46 heavy (non-hydrogen) atoms. The minimum Gasteiger partial charge on any atom is -0.484 e. The highest BCUT2D eigenvalue weighted by molar-refractivity contribution is 5.92. The number of hydrogen-bond donors (Lipinski definition) is 1. The number of benzene rings is 2. The number of carbonyl (C=O) groups excluding carboxylic acids is 1. The van der Waals surface area contributed by atoms with Crippen LogP contribution in [0.5, 0.6) is 11.6 Å². The number of ether oxygens (including phenoxy) is 2. The van der Waals surface area contributed by atoms with Crippen LogP contribution < -0.4 is 9.47 Å². The van der Waals surface area contributed by atoms with Crippen molar-refractivity contribution in [1.29, 1.82) is 5.26 Å². The third-order valence-electron chi connectivity index (χ3n) is 8.67. The lowest BCUT2D eigenvalue weighted by Crippen LogP contribution is -2.39. The standard InChI is InChI=1S/C34H35FN6O5/c1-2-40-25(8-11-33(40)42)19-41-29-17-23(34(43)44)7-9-28(29)38-31(41)20-39-14-12-26(13-15-39)46-32-5-3-4-24(37-32)21-45-30-10-6-22(18-36)16-27(30)35/h3-7,9-10,16-17,25-26H,2,8,11-15,19-21H2,1H3,(H,43,44). The van der Waals surface area contributed by atoms with Crippen LogP contribution in [-0.4, -0.2) is 73.1 Å². The Morgan fingerprint density at radius 2 is 1.93 bits per heavy atom. The number of halogens is 1. The first kappa shape index (κ1) is 31.0. The molecule has 0 saturated carbocycles. The monoisotopic (exact) mass is 626 g/mol. The number of imidazole rings is 1. The summed E-state index contributed by atoms with van der Waals surface area (Å²) in [6.07, 6.45) is 2.82. The third-order valence-corrected chi connectivity index (χ3v) is 8.67. The number of hydrogen-bond acceptors (Lipinski definition) is 8. The molecular weight excluding hydrogens is 591 g/mol. The van der Waals surface area contributed by atoms with Crippen molar-refractivity contribution in [2.45, 2.75) is 64.4 Å². The first-order valence-electron chi connectivity index (χ1n) is 15.5. The van der Waals surface area contributed by atoms with E-state index in [2.05, 4.69) is 14.5 Å². The molecule has 12 heteroatoms. The highest BCUT2D eigenvalue weighted by atomic mass is 19.1. The van der Waals surface area contributed by atoms with Crippen molar-refractivity contribution in [3.05, 3.63) is 83.1 Å². The summed E-state index contributed by atoms with van der Waals surface area (Å²) in [4.78, 5) is 37.8. The zero-order valence-corrected chi connectivity index (χ0v) is 25.6. The average molecular weight is 627 g/mol. The van der Waals surface area contributed by atoms with Crippen molar-refractivity contribution in [2.24, 2.45) is 0 Å². The smallest absolute Gasteiger partial charge is 0.335 e. The van der Waals surface area contributed by atoms with Gasteiger partial charge in [-0.05, 0) is 68.7 Å². The molecule has 4 aromatic rings. The Kier molecular flexibility index (Phi) is 9.12. The van der Waals surface area contributed by atoms with Gasteiger partial charge in [0.25, 0.3) is 0 Å².